The van der Waals surface area contributed by atoms with E-state index in [4.69, 9.17) is 11.6 Å². The maximum atomic E-state index is 15.0. The van der Waals surface area contributed by atoms with Crippen molar-refractivity contribution >= 4 is 46.3 Å². The summed E-state index contributed by atoms with van der Waals surface area (Å²) in [6.45, 7) is 5.26. The summed E-state index contributed by atoms with van der Waals surface area (Å²) in [6, 6.07) is 10.8. The van der Waals surface area contributed by atoms with Crippen LogP contribution >= 0.6 is 11.6 Å². The highest BCUT2D eigenvalue weighted by atomic mass is 35.5. The number of aromatic nitrogens is 2. The summed E-state index contributed by atoms with van der Waals surface area (Å²) in [4.78, 5) is 26.4. The average molecular weight is 524 g/mol. The lowest BCUT2D eigenvalue weighted by atomic mass is 9.93. The van der Waals surface area contributed by atoms with Crippen molar-refractivity contribution in [1.29, 1.82) is 0 Å². The first-order valence-corrected chi connectivity index (χ1v) is 13.0. The standard InChI is InChI=1S/C27H31ClFN7O/c1-17-5-3-8-21(28)24(17)33-26(37)20-16-30-27(34-25(20)31-18-6-4-7-18)32-19-9-10-23(22(29)15-19)36-13-11-35(2)12-14-36/h3,5,8-10,15-16,18H,4,6-7,11-14H2,1-2H3,(H,33,37)(H2,30,31,32,34). The second-order valence-electron chi connectivity index (χ2n) is 9.70. The minimum absolute atomic E-state index is 0.247. The van der Waals surface area contributed by atoms with Crippen LogP contribution in [0.2, 0.25) is 5.02 Å². The van der Waals surface area contributed by atoms with E-state index in [2.05, 4.69) is 42.8 Å². The average Bonchev–Trinajstić information content (AvgIpc) is 2.85. The highest BCUT2D eigenvalue weighted by molar-refractivity contribution is 6.34. The van der Waals surface area contributed by atoms with Gasteiger partial charge in [-0.15, -0.1) is 0 Å². The number of piperazine rings is 1. The quantitative estimate of drug-likeness (QED) is 0.388. The van der Waals surface area contributed by atoms with Gasteiger partial charge in [-0.1, -0.05) is 23.7 Å². The van der Waals surface area contributed by atoms with Crippen molar-refractivity contribution in [2.24, 2.45) is 0 Å². The Morgan fingerprint density at radius 3 is 2.59 bits per heavy atom. The molecule has 3 aromatic rings. The predicted octanol–water partition coefficient (Wildman–Crippen LogP) is 5.29. The van der Waals surface area contributed by atoms with E-state index in [1.807, 2.05) is 25.1 Å². The van der Waals surface area contributed by atoms with Gasteiger partial charge in [0.1, 0.15) is 17.2 Å². The molecule has 194 valence electrons. The molecule has 0 bridgehead atoms. The molecule has 2 aliphatic rings. The van der Waals surface area contributed by atoms with E-state index >= 15 is 0 Å². The van der Waals surface area contributed by atoms with Gasteiger partial charge in [0.05, 0.1) is 16.4 Å². The zero-order chi connectivity index (χ0) is 25.9. The molecule has 0 spiro atoms. The molecule has 37 heavy (non-hydrogen) atoms. The lowest BCUT2D eigenvalue weighted by molar-refractivity contribution is 0.102. The van der Waals surface area contributed by atoms with E-state index in [0.717, 1.165) is 51.0 Å². The fourth-order valence-corrected chi connectivity index (χ4v) is 4.72. The van der Waals surface area contributed by atoms with E-state index in [0.29, 0.717) is 33.5 Å². The van der Waals surface area contributed by atoms with Crippen molar-refractivity contribution in [3.63, 3.8) is 0 Å². The van der Waals surface area contributed by atoms with Gasteiger partial charge in [-0.2, -0.15) is 4.98 Å². The number of benzene rings is 2. The number of carbonyl (C=O) groups excluding carboxylic acids is 1. The molecule has 0 atom stereocenters. The fraction of sp³-hybridized carbons (Fsp3) is 0.370. The molecule has 1 aliphatic carbocycles. The molecule has 8 nitrogen and oxygen atoms in total. The van der Waals surface area contributed by atoms with Crippen molar-refractivity contribution in [2.45, 2.75) is 32.2 Å². The van der Waals surface area contributed by atoms with Gasteiger partial charge in [0.25, 0.3) is 5.91 Å². The molecule has 1 aliphatic heterocycles. The lowest BCUT2D eigenvalue weighted by Crippen LogP contribution is -2.44. The molecule has 2 fully saturated rings. The van der Waals surface area contributed by atoms with Crippen LogP contribution in [0.5, 0.6) is 0 Å². The van der Waals surface area contributed by atoms with E-state index in [1.54, 1.807) is 12.1 Å². The van der Waals surface area contributed by atoms with Crippen molar-refractivity contribution < 1.29 is 9.18 Å². The minimum Gasteiger partial charge on any atom is -0.367 e. The highest BCUT2D eigenvalue weighted by Crippen LogP contribution is 2.30. The van der Waals surface area contributed by atoms with Gasteiger partial charge in [0.15, 0.2) is 0 Å². The van der Waals surface area contributed by atoms with Crippen LogP contribution in [-0.2, 0) is 0 Å². The first kappa shape index (κ1) is 25.2. The van der Waals surface area contributed by atoms with Crippen LogP contribution < -0.4 is 20.9 Å². The molecule has 10 heteroatoms. The Bertz CT molecular complexity index is 1270. The molecule has 5 rings (SSSR count). The van der Waals surface area contributed by atoms with Crippen molar-refractivity contribution in [3.05, 3.63) is 64.6 Å². The number of aryl methyl sites for hydroxylation is 1. The van der Waals surface area contributed by atoms with Crippen LogP contribution in [0.1, 0.15) is 35.2 Å². The van der Waals surface area contributed by atoms with Gasteiger partial charge in [-0.25, -0.2) is 9.37 Å². The number of anilines is 5. The third-order valence-corrected chi connectivity index (χ3v) is 7.30. The third kappa shape index (κ3) is 5.78. The molecule has 1 saturated heterocycles. The second kappa shape index (κ2) is 10.9. The molecule has 2 aromatic carbocycles. The SMILES string of the molecule is Cc1cccc(Cl)c1NC(=O)c1cnc(Nc2ccc(N3CCN(C)CC3)c(F)c2)nc1NC1CCC1. The van der Waals surface area contributed by atoms with E-state index in [9.17, 15) is 9.18 Å². The van der Waals surface area contributed by atoms with Gasteiger partial charge in [0, 0.05) is 44.1 Å². The van der Waals surface area contributed by atoms with Crippen LogP contribution in [-0.4, -0.2) is 60.0 Å². The maximum Gasteiger partial charge on any atom is 0.261 e. The Morgan fingerprint density at radius 1 is 1.14 bits per heavy atom. The predicted molar refractivity (Wildman–Crippen MR) is 147 cm³/mol. The fourth-order valence-electron chi connectivity index (χ4n) is 4.45. The Kier molecular flexibility index (Phi) is 7.43. The van der Waals surface area contributed by atoms with Crippen LogP contribution in [0.15, 0.2) is 42.6 Å². The summed E-state index contributed by atoms with van der Waals surface area (Å²) in [7, 11) is 2.07. The van der Waals surface area contributed by atoms with E-state index in [-0.39, 0.29) is 23.7 Å². The Labute approximate surface area is 221 Å². The number of amides is 1. The molecule has 0 unspecified atom stereocenters. The molecule has 1 saturated carbocycles. The van der Waals surface area contributed by atoms with Gasteiger partial charge in [0.2, 0.25) is 5.95 Å². The summed E-state index contributed by atoms with van der Waals surface area (Å²) in [5.74, 6) is 0.0543. The second-order valence-corrected chi connectivity index (χ2v) is 10.1. The zero-order valence-corrected chi connectivity index (χ0v) is 21.8. The number of para-hydroxylation sites is 1. The van der Waals surface area contributed by atoms with Crippen LogP contribution in [0.3, 0.4) is 0 Å². The van der Waals surface area contributed by atoms with Crippen molar-refractivity contribution in [3.8, 4) is 0 Å². The molecule has 3 N–H and O–H groups in total. The maximum absolute atomic E-state index is 15.0. The molecule has 2 heterocycles. The molecule has 1 aromatic heterocycles. The monoisotopic (exact) mass is 523 g/mol. The number of carbonyl (C=O) groups is 1. The topological polar surface area (TPSA) is 85.4 Å². The number of hydrogen-bond acceptors (Lipinski definition) is 7. The van der Waals surface area contributed by atoms with Gasteiger partial charge >= 0.3 is 0 Å². The molecular formula is C27H31ClFN7O. The van der Waals surface area contributed by atoms with Crippen LogP contribution in [0.25, 0.3) is 0 Å². The number of likely N-dealkylation sites (N-methyl/N-ethyl adjacent to an activating group) is 1. The minimum atomic E-state index is -0.354. The van der Waals surface area contributed by atoms with Crippen molar-refractivity contribution in [2.75, 3.05) is 54.1 Å². The Morgan fingerprint density at radius 2 is 1.92 bits per heavy atom. The largest absolute Gasteiger partial charge is 0.367 e. The molecule has 0 radical (unpaired) electrons. The number of hydrogen-bond donors (Lipinski definition) is 3. The summed E-state index contributed by atoms with van der Waals surface area (Å²) in [5, 5.41) is 9.80. The van der Waals surface area contributed by atoms with Crippen molar-refractivity contribution in [1.82, 2.24) is 14.9 Å². The first-order chi connectivity index (χ1) is 17.9. The first-order valence-electron chi connectivity index (χ1n) is 12.6. The Hall–Kier alpha value is -3.43. The lowest BCUT2D eigenvalue weighted by Gasteiger charge is -2.34. The van der Waals surface area contributed by atoms with Gasteiger partial charge in [-0.05, 0) is 63.1 Å². The van der Waals surface area contributed by atoms with Crippen LogP contribution in [0.4, 0.5) is 33.2 Å². The molecular weight excluding hydrogens is 493 g/mol. The summed E-state index contributed by atoms with van der Waals surface area (Å²) >= 11 is 6.30. The molecule has 1 amide bonds. The Balaban J connectivity index is 1.35. The third-order valence-electron chi connectivity index (χ3n) is 6.99. The number of nitrogens with one attached hydrogen (secondary N) is 3. The summed E-state index contributed by atoms with van der Waals surface area (Å²) < 4.78 is 15.0. The van der Waals surface area contributed by atoms with Gasteiger partial charge in [-0.3, -0.25) is 4.79 Å². The number of halogens is 2. The summed E-state index contributed by atoms with van der Waals surface area (Å²) in [5.41, 5.74) is 2.86. The highest BCUT2D eigenvalue weighted by Gasteiger charge is 2.23. The van der Waals surface area contributed by atoms with Gasteiger partial charge < -0.3 is 25.8 Å². The van der Waals surface area contributed by atoms with E-state index in [1.165, 1.54) is 12.3 Å². The van der Waals surface area contributed by atoms with Crippen LogP contribution in [0, 0.1) is 12.7 Å². The smallest absolute Gasteiger partial charge is 0.261 e. The number of nitrogens with zero attached hydrogens (tertiary/aromatic N) is 4. The zero-order valence-electron chi connectivity index (χ0n) is 21.0. The van der Waals surface area contributed by atoms with E-state index < -0.39 is 0 Å². The normalized spacial score (nSPS) is 16.3. The summed E-state index contributed by atoms with van der Waals surface area (Å²) in [6.07, 6.45) is 4.63. The number of rotatable bonds is 7.